The number of carbonyl (C=O) groups is 2. The molecular weight excluding hydrogens is 194 g/mol. The monoisotopic (exact) mass is 213 g/mol. The van der Waals surface area contributed by atoms with Crippen molar-refractivity contribution in [2.45, 2.75) is 51.1 Å². The number of amides is 3. The van der Waals surface area contributed by atoms with Gasteiger partial charge in [0.2, 0.25) is 5.91 Å². The first kappa shape index (κ1) is 11.8. The van der Waals surface area contributed by atoms with E-state index in [1.54, 1.807) is 0 Å². The summed E-state index contributed by atoms with van der Waals surface area (Å²) in [5, 5.41) is 5.66. The second-order valence-electron chi connectivity index (χ2n) is 4.08. The first-order chi connectivity index (χ1) is 7.09. The SMILES string of the molecule is C[C@H]1NC(=O)N[C@H]1CCCCCC(N)=O. The fourth-order valence-corrected chi connectivity index (χ4v) is 1.80. The van der Waals surface area contributed by atoms with Gasteiger partial charge >= 0.3 is 6.03 Å². The van der Waals surface area contributed by atoms with Crippen molar-refractivity contribution in [2.75, 3.05) is 0 Å². The van der Waals surface area contributed by atoms with Crippen molar-refractivity contribution in [1.29, 1.82) is 0 Å². The van der Waals surface area contributed by atoms with Gasteiger partial charge in [-0.3, -0.25) is 4.79 Å². The summed E-state index contributed by atoms with van der Waals surface area (Å²) < 4.78 is 0. The van der Waals surface area contributed by atoms with E-state index in [-0.39, 0.29) is 24.0 Å². The fraction of sp³-hybridized carbons (Fsp3) is 0.800. The van der Waals surface area contributed by atoms with Crippen molar-refractivity contribution in [3.63, 3.8) is 0 Å². The zero-order chi connectivity index (χ0) is 11.3. The molecule has 2 atom stereocenters. The predicted molar refractivity (Wildman–Crippen MR) is 57.2 cm³/mol. The third-order valence-electron chi connectivity index (χ3n) is 2.72. The summed E-state index contributed by atoms with van der Waals surface area (Å²) in [6.45, 7) is 1.99. The van der Waals surface area contributed by atoms with Gasteiger partial charge in [0.1, 0.15) is 0 Å². The van der Waals surface area contributed by atoms with Crippen LogP contribution in [0.15, 0.2) is 0 Å². The van der Waals surface area contributed by atoms with Gasteiger partial charge in [-0.05, 0) is 19.8 Å². The molecule has 1 aliphatic heterocycles. The van der Waals surface area contributed by atoms with Crippen LogP contribution < -0.4 is 16.4 Å². The van der Waals surface area contributed by atoms with Crippen LogP contribution in [0.5, 0.6) is 0 Å². The molecule has 0 aromatic rings. The highest BCUT2D eigenvalue weighted by molar-refractivity contribution is 5.77. The van der Waals surface area contributed by atoms with E-state index in [9.17, 15) is 9.59 Å². The van der Waals surface area contributed by atoms with Crippen LogP contribution in [0.4, 0.5) is 4.79 Å². The van der Waals surface area contributed by atoms with Crippen LogP contribution >= 0.6 is 0 Å². The second kappa shape index (κ2) is 5.58. The molecule has 15 heavy (non-hydrogen) atoms. The van der Waals surface area contributed by atoms with Crippen molar-refractivity contribution in [3.8, 4) is 0 Å². The van der Waals surface area contributed by atoms with Gasteiger partial charge in [0, 0.05) is 12.5 Å². The molecule has 3 amide bonds. The zero-order valence-electron chi connectivity index (χ0n) is 9.08. The Hall–Kier alpha value is -1.26. The molecular formula is C10H19N3O2. The Labute approximate surface area is 89.8 Å². The average molecular weight is 213 g/mol. The number of hydrogen-bond acceptors (Lipinski definition) is 2. The summed E-state index contributed by atoms with van der Waals surface area (Å²) in [6, 6.07) is 0.351. The van der Waals surface area contributed by atoms with Crippen molar-refractivity contribution >= 4 is 11.9 Å². The lowest BCUT2D eigenvalue weighted by Crippen LogP contribution is -2.30. The van der Waals surface area contributed by atoms with Crippen LogP contribution in [0.25, 0.3) is 0 Å². The maximum Gasteiger partial charge on any atom is 0.315 e. The van der Waals surface area contributed by atoms with Gasteiger partial charge in [-0.25, -0.2) is 4.79 Å². The van der Waals surface area contributed by atoms with Gasteiger partial charge in [0.05, 0.1) is 6.04 Å². The minimum absolute atomic E-state index is 0.0790. The topological polar surface area (TPSA) is 84.2 Å². The van der Waals surface area contributed by atoms with Crippen LogP contribution in [0.1, 0.15) is 39.0 Å². The summed E-state index contributed by atoms with van der Waals surface area (Å²) in [7, 11) is 0. The number of hydrogen-bond donors (Lipinski definition) is 3. The van der Waals surface area contributed by atoms with Crippen LogP contribution in [0.2, 0.25) is 0 Å². The lowest BCUT2D eigenvalue weighted by molar-refractivity contribution is -0.118. The molecule has 0 radical (unpaired) electrons. The molecule has 0 aromatic carbocycles. The molecule has 0 unspecified atom stereocenters. The van der Waals surface area contributed by atoms with E-state index in [4.69, 9.17) is 5.73 Å². The predicted octanol–water partition coefficient (Wildman–Crippen LogP) is 0.492. The third kappa shape index (κ3) is 4.18. The van der Waals surface area contributed by atoms with Crippen molar-refractivity contribution in [2.24, 2.45) is 5.73 Å². The number of rotatable bonds is 6. The Morgan fingerprint density at radius 1 is 1.33 bits per heavy atom. The van der Waals surface area contributed by atoms with E-state index >= 15 is 0 Å². The van der Waals surface area contributed by atoms with E-state index in [0.717, 1.165) is 25.7 Å². The summed E-state index contributed by atoms with van der Waals surface area (Å²) in [5.41, 5.74) is 5.03. The Morgan fingerprint density at radius 3 is 2.60 bits per heavy atom. The summed E-state index contributed by atoms with van der Waals surface area (Å²) in [4.78, 5) is 21.4. The Kier molecular flexibility index (Phi) is 4.39. The molecule has 1 aliphatic rings. The maximum absolute atomic E-state index is 11.0. The zero-order valence-corrected chi connectivity index (χ0v) is 9.08. The minimum atomic E-state index is -0.237. The van der Waals surface area contributed by atoms with Crippen LogP contribution in [0, 0.1) is 0 Å². The quantitative estimate of drug-likeness (QED) is 0.561. The van der Waals surface area contributed by atoms with E-state index in [1.165, 1.54) is 0 Å². The molecule has 0 aliphatic carbocycles. The molecule has 5 nitrogen and oxygen atoms in total. The van der Waals surface area contributed by atoms with Crippen molar-refractivity contribution < 1.29 is 9.59 Å². The minimum Gasteiger partial charge on any atom is -0.370 e. The van der Waals surface area contributed by atoms with Gasteiger partial charge in [0.15, 0.2) is 0 Å². The van der Waals surface area contributed by atoms with Crippen LogP contribution in [-0.4, -0.2) is 24.0 Å². The molecule has 1 saturated heterocycles. The highest BCUT2D eigenvalue weighted by Crippen LogP contribution is 2.11. The summed E-state index contributed by atoms with van der Waals surface area (Å²) >= 11 is 0. The standard InChI is InChI=1S/C10H19N3O2/c1-7-8(13-10(15)12-7)5-3-2-4-6-9(11)14/h7-8H,2-6H2,1H3,(H2,11,14)(H2,12,13,15)/t7-,8+/m1/s1. The molecule has 0 saturated carbocycles. The first-order valence-electron chi connectivity index (χ1n) is 5.45. The molecule has 0 aromatic heterocycles. The van der Waals surface area contributed by atoms with Crippen molar-refractivity contribution in [1.82, 2.24) is 10.6 Å². The molecule has 0 spiro atoms. The Morgan fingerprint density at radius 2 is 2.07 bits per heavy atom. The van der Waals surface area contributed by atoms with Gasteiger partial charge < -0.3 is 16.4 Å². The van der Waals surface area contributed by atoms with E-state index in [0.29, 0.717) is 6.42 Å². The lowest BCUT2D eigenvalue weighted by Gasteiger charge is -2.13. The van der Waals surface area contributed by atoms with Crippen LogP contribution in [-0.2, 0) is 4.79 Å². The number of primary amides is 1. The highest BCUT2D eigenvalue weighted by atomic mass is 16.2. The normalized spacial score (nSPS) is 24.7. The Balaban J connectivity index is 2.05. The number of unbranched alkanes of at least 4 members (excludes halogenated alkanes) is 2. The fourth-order valence-electron chi connectivity index (χ4n) is 1.80. The summed E-state index contributed by atoms with van der Waals surface area (Å²) in [5.74, 6) is -0.237. The van der Waals surface area contributed by atoms with E-state index in [2.05, 4.69) is 10.6 Å². The van der Waals surface area contributed by atoms with E-state index in [1.807, 2.05) is 6.92 Å². The van der Waals surface area contributed by atoms with Gasteiger partial charge in [0.25, 0.3) is 0 Å². The van der Waals surface area contributed by atoms with Crippen molar-refractivity contribution in [3.05, 3.63) is 0 Å². The number of nitrogens with two attached hydrogens (primary N) is 1. The van der Waals surface area contributed by atoms with Gasteiger partial charge in [-0.15, -0.1) is 0 Å². The molecule has 5 heteroatoms. The molecule has 1 heterocycles. The molecule has 86 valence electrons. The number of urea groups is 1. The maximum atomic E-state index is 11.0. The largest absolute Gasteiger partial charge is 0.370 e. The molecule has 0 bridgehead atoms. The third-order valence-corrected chi connectivity index (χ3v) is 2.72. The highest BCUT2D eigenvalue weighted by Gasteiger charge is 2.26. The molecule has 1 rings (SSSR count). The first-order valence-corrected chi connectivity index (χ1v) is 5.45. The average Bonchev–Trinajstić information content (AvgIpc) is 2.44. The number of nitrogens with one attached hydrogen (secondary N) is 2. The molecule has 4 N–H and O–H groups in total. The number of carbonyl (C=O) groups excluding carboxylic acids is 2. The molecule has 1 fully saturated rings. The lowest BCUT2D eigenvalue weighted by atomic mass is 10.0. The Bertz CT molecular complexity index is 243. The van der Waals surface area contributed by atoms with Crippen LogP contribution in [0.3, 0.4) is 0 Å². The van der Waals surface area contributed by atoms with Gasteiger partial charge in [-0.2, -0.15) is 0 Å². The smallest absolute Gasteiger partial charge is 0.315 e. The van der Waals surface area contributed by atoms with E-state index < -0.39 is 0 Å². The second-order valence-corrected chi connectivity index (χ2v) is 4.08. The summed E-state index contributed by atoms with van der Waals surface area (Å²) in [6.07, 6.45) is 4.27. The van der Waals surface area contributed by atoms with Gasteiger partial charge in [-0.1, -0.05) is 12.8 Å².